The molecule has 0 unspecified atom stereocenters. The Labute approximate surface area is 103 Å². The van der Waals surface area contributed by atoms with Gasteiger partial charge in [-0.1, -0.05) is 0 Å². The molecule has 0 aliphatic heterocycles. The van der Waals surface area contributed by atoms with Gasteiger partial charge in [0.25, 0.3) is 10.0 Å². The lowest BCUT2D eigenvalue weighted by atomic mass is 10.1. The predicted octanol–water partition coefficient (Wildman–Crippen LogP) is 0.761. The molecule has 0 spiro atoms. The molecule has 1 aromatic heterocycles. The van der Waals surface area contributed by atoms with Gasteiger partial charge in [0.2, 0.25) is 0 Å². The molecular formula is C9H10N2O4S2. The molecule has 0 aliphatic rings. The van der Waals surface area contributed by atoms with E-state index in [-0.39, 0.29) is 9.09 Å². The molecule has 0 saturated carbocycles. The Balaban J connectivity index is 3.06. The standard InChI is InChI=1S/C9H10N2O4S2/c1-9(2,8(12)13)11-17(14,15)7-4-3-6(5-10)16-7/h3-4,11H,1-2H3,(H,12,13). The maximum Gasteiger partial charge on any atom is 0.324 e. The van der Waals surface area contributed by atoms with E-state index in [1.165, 1.54) is 26.0 Å². The number of sulfonamides is 1. The Morgan fingerprint density at radius 2 is 2.12 bits per heavy atom. The van der Waals surface area contributed by atoms with Crippen molar-refractivity contribution in [3.63, 3.8) is 0 Å². The van der Waals surface area contributed by atoms with Crippen molar-refractivity contribution in [2.24, 2.45) is 0 Å². The van der Waals surface area contributed by atoms with E-state index in [1.807, 2.05) is 6.07 Å². The summed E-state index contributed by atoms with van der Waals surface area (Å²) in [6.07, 6.45) is 0. The van der Waals surface area contributed by atoms with Crippen LogP contribution in [0.3, 0.4) is 0 Å². The molecule has 0 fully saturated rings. The Hall–Kier alpha value is -1.43. The minimum atomic E-state index is -3.92. The summed E-state index contributed by atoms with van der Waals surface area (Å²) < 4.78 is 25.6. The first-order valence-corrected chi connectivity index (χ1v) is 6.76. The number of nitrogens with zero attached hydrogens (tertiary/aromatic N) is 1. The van der Waals surface area contributed by atoms with Crippen LogP contribution in [0.2, 0.25) is 0 Å². The molecule has 2 N–H and O–H groups in total. The topological polar surface area (TPSA) is 107 Å². The second kappa shape index (κ2) is 4.44. The van der Waals surface area contributed by atoms with Gasteiger partial charge in [0.05, 0.1) is 0 Å². The summed E-state index contributed by atoms with van der Waals surface area (Å²) in [4.78, 5) is 11.1. The van der Waals surface area contributed by atoms with Gasteiger partial charge in [0, 0.05) is 0 Å². The van der Waals surface area contributed by atoms with E-state index in [4.69, 9.17) is 10.4 Å². The molecule has 8 heteroatoms. The monoisotopic (exact) mass is 274 g/mol. The van der Waals surface area contributed by atoms with E-state index >= 15 is 0 Å². The van der Waals surface area contributed by atoms with Crippen LogP contribution < -0.4 is 4.72 Å². The van der Waals surface area contributed by atoms with Crippen molar-refractivity contribution >= 4 is 27.3 Å². The maximum atomic E-state index is 11.8. The summed E-state index contributed by atoms with van der Waals surface area (Å²) in [7, 11) is -3.92. The molecule has 0 bridgehead atoms. The first-order chi connectivity index (χ1) is 7.69. The number of nitriles is 1. The van der Waals surface area contributed by atoms with Crippen LogP contribution in [0.4, 0.5) is 0 Å². The quantitative estimate of drug-likeness (QED) is 0.842. The highest BCUT2D eigenvalue weighted by molar-refractivity contribution is 7.91. The molecule has 0 aromatic carbocycles. The second-order valence-electron chi connectivity index (χ2n) is 3.77. The maximum absolute atomic E-state index is 11.8. The zero-order valence-electron chi connectivity index (χ0n) is 9.09. The summed E-state index contributed by atoms with van der Waals surface area (Å²) in [6.45, 7) is 2.48. The van der Waals surface area contributed by atoms with Crippen LogP contribution in [-0.4, -0.2) is 25.0 Å². The normalized spacial score (nSPS) is 12.1. The SMILES string of the molecule is CC(C)(NS(=O)(=O)c1ccc(C#N)s1)C(=O)O. The van der Waals surface area contributed by atoms with Crippen LogP contribution in [-0.2, 0) is 14.8 Å². The highest BCUT2D eigenvalue weighted by Gasteiger charge is 2.33. The fourth-order valence-corrected chi connectivity index (χ4v) is 3.43. The molecule has 17 heavy (non-hydrogen) atoms. The number of carbonyl (C=O) groups is 1. The van der Waals surface area contributed by atoms with Crippen molar-refractivity contribution in [2.75, 3.05) is 0 Å². The van der Waals surface area contributed by atoms with Crippen molar-refractivity contribution in [1.82, 2.24) is 4.72 Å². The lowest BCUT2D eigenvalue weighted by Gasteiger charge is -2.19. The average Bonchev–Trinajstić information content (AvgIpc) is 2.64. The molecule has 0 saturated heterocycles. The molecule has 0 atom stereocenters. The van der Waals surface area contributed by atoms with E-state index in [2.05, 4.69) is 4.72 Å². The average molecular weight is 274 g/mol. The van der Waals surface area contributed by atoms with Crippen molar-refractivity contribution in [3.8, 4) is 6.07 Å². The molecule has 1 rings (SSSR count). The first-order valence-electron chi connectivity index (χ1n) is 4.46. The van der Waals surface area contributed by atoms with Gasteiger partial charge in [-0.15, -0.1) is 11.3 Å². The number of nitrogens with one attached hydrogen (secondary N) is 1. The zero-order valence-corrected chi connectivity index (χ0v) is 10.7. The van der Waals surface area contributed by atoms with Gasteiger partial charge in [-0.05, 0) is 26.0 Å². The molecular weight excluding hydrogens is 264 g/mol. The number of rotatable bonds is 4. The van der Waals surface area contributed by atoms with E-state index in [1.54, 1.807) is 0 Å². The van der Waals surface area contributed by atoms with Crippen molar-refractivity contribution in [3.05, 3.63) is 17.0 Å². The minimum Gasteiger partial charge on any atom is -0.480 e. The van der Waals surface area contributed by atoms with Crippen LogP contribution in [0.15, 0.2) is 16.3 Å². The summed E-state index contributed by atoms with van der Waals surface area (Å²) in [6, 6.07) is 4.45. The molecule has 6 nitrogen and oxygen atoms in total. The highest BCUT2D eigenvalue weighted by atomic mass is 32.2. The van der Waals surface area contributed by atoms with Gasteiger partial charge in [-0.2, -0.15) is 9.98 Å². The smallest absolute Gasteiger partial charge is 0.324 e. The molecule has 0 amide bonds. The Morgan fingerprint density at radius 3 is 2.53 bits per heavy atom. The summed E-state index contributed by atoms with van der Waals surface area (Å²) in [5.41, 5.74) is -1.60. The summed E-state index contributed by atoms with van der Waals surface area (Å²) >= 11 is 0.788. The van der Waals surface area contributed by atoms with Crippen molar-refractivity contribution in [1.29, 1.82) is 5.26 Å². The fraction of sp³-hybridized carbons (Fsp3) is 0.333. The third-order valence-electron chi connectivity index (χ3n) is 1.88. The molecule has 0 aliphatic carbocycles. The molecule has 1 heterocycles. The number of hydrogen-bond acceptors (Lipinski definition) is 5. The Bertz CT molecular complexity index is 580. The van der Waals surface area contributed by atoms with Crippen molar-refractivity contribution in [2.45, 2.75) is 23.6 Å². The van der Waals surface area contributed by atoms with Crippen LogP contribution in [0.1, 0.15) is 18.7 Å². The van der Waals surface area contributed by atoms with Gasteiger partial charge in [0.15, 0.2) is 0 Å². The Kier molecular flexibility index (Phi) is 3.56. The second-order valence-corrected chi connectivity index (χ2v) is 6.76. The number of hydrogen-bond donors (Lipinski definition) is 2. The number of thiophene rings is 1. The fourth-order valence-electron chi connectivity index (χ4n) is 0.955. The lowest BCUT2D eigenvalue weighted by molar-refractivity contribution is -0.142. The van der Waals surface area contributed by atoms with E-state index in [0.29, 0.717) is 0 Å². The first kappa shape index (κ1) is 13.6. The van der Waals surface area contributed by atoms with Gasteiger partial charge >= 0.3 is 5.97 Å². The van der Waals surface area contributed by atoms with Crippen LogP contribution >= 0.6 is 11.3 Å². The third kappa shape index (κ3) is 3.03. The summed E-state index contributed by atoms with van der Waals surface area (Å²) in [5, 5.41) is 17.4. The largest absolute Gasteiger partial charge is 0.480 e. The zero-order chi connectivity index (χ0) is 13.3. The third-order valence-corrected chi connectivity index (χ3v) is 5.02. The van der Waals surface area contributed by atoms with Crippen LogP contribution in [0.5, 0.6) is 0 Å². The molecule has 0 radical (unpaired) electrons. The number of carboxylic acid groups (broad SMARTS) is 1. The van der Waals surface area contributed by atoms with Crippen LogP contribution in [0, 0.1) is 11.3 Å². The highest BCUT2D eigenvalue weighted by Crippen LogP contribution is 2.22. The predicted molar refractivity (Wildman–Crippen MR) is 61.1 cm³/mol. The molecule has 92 valence electrons. The van der Waals surface area contributed by atoms with E-state index in [0.717, 1.165) is 11.3 Å². The minimum absolute atomic E-state index is 0.0802. The van der Waals surface area contributed by atoms with Crippen LogP contribution in [0.25, 0.3) is 0 Å². The van der Waals surface area contributed by atoms with E-state index in [9.17, 15) is 13.2 Å². The van der Waals surface area contributed by atoms with E-state index < -0.39 is 21.5 Å². The van der Waals surface area contributed by atoms with Gasteiger partial charge < -0.3 is 5.11 Å². The number of carboxylic acids is 1. The lowest BCUT2D eigenvalue weighted by Crippen LogP contribution is -2.49. The van der Waals surface area contributed by atoms with Gasteiger partial charge in [-0.25, -0.2) is 8.42 Å². The molecule has 1 aromatic rings. The van der Waals surface area contributed by atoms with Gasteiger partial charge in [-0.3, -0.25) is 4.79 Å². The number of aliphatic carboxylic acids is 1. The summed E-state index contributed by atoms with van der Waals surface area (Å²) in [5.74, 6) is -1.28. The Morgan fingerprint density at radius 1 is 1.53 bits per heavy atom. The van der Waals surface area contributed by atoms with Crippen molar-refractivity contribution < 1.29 is 18.3 Å². The van der Waals surface area contributed by atoms with Gasteiger partial charge in [0.1, 0.15) is 20.7 Å².